The summed E-state index contributed by atoms with van der Waals surface area (Å²) in [5, 5.41) is 0. The van der Waals surface area contributed by atoms with E-state index in [-0.39, 0.29) is 30.7 Å². The maximum Gasteiger partial charge on any atom is 0.236 e. The first kappa shape index (κ1) is 22.7. The molecule has 1 saturated heterocycles. The molecule has 166 valence electrons. The molecule has 6 nitrogen and oxygen atoms in total. The van der Waals surface area contributed by atoms with Gasteiger partial charge in [-0.3, -0.25) is 14.5 Å². The summed E-state index contributed by atoms with van der Waals surface area (Å²) in [5.74, 6) is 0.588. The molecule has 1 aliphatic rings. The van der Waals surface area contributed by atoms with Crippen LogP contribution in [0.3, 0.4) is 0 Å². The lowest BCUT2D eigenvalue weighted by Gasteiger charge is -2.35. The van der Waals surface area contributed by atoms with Gasteiger partial charge in [-0.2, -0.15) is 0 Å². The summed E-state index contributed by atoms with van der Waals surface area (Å²) in [7, 11) is 3.32. The van der Waals surface area contributed by atoms with Gasteiger partial charge in [-0.15, -0.1) is 0 Å². The van der Waals surface area contributed by atoms with E-state index in [0.717, 1.165) is 11.3 Å². The van der Waals surface area contributed by atoms with Crippen LogP contribution in [0.25, 0.3) is 0 Å². The molecule has 0 bridgehead atoms. The second kappa shape index (κ2) is 10.9. The molecule has 0 radical (unpaired) electrons. The molecule has 0 spiro atoms. The van der Waals surface area contributed by atoms with Crippen molar-refractivity contribution in [3.8, 4) is 5.75 Å². The number of piperazine rings is 1. The lowest BCUT2D eigenvalue weighted by atomic mass is 10.1. The van der Waals surface area contributed by atoms with Gasteiger partial charge in [0.15, 0.2) is 0 Å². The average Bonchev–Trinajstić information content (AvgIpc) is 2.79. The number of benzene rings is 2. The number of amides is 2. The van der Waals surface area contributed by atoms with E-state index >= 15 is 0 Å². The number of rotatable bonds is 8. The quantitative estimate of drug-likeness (QED) is 0.650. The van der Waals surface area contributed by atoms with Gasteiger partial charge in [0.25, 0.3) is 0 Å². The third-order valence-corrected chi connectivity index (χ3v) is 5.66. The number of hydrogen-bond acceptors (Lipinski definition) is 4. The van der Waals surface area contributed by atoms with E-state index in [4.69, 9.17) is 4.74 Å². The molecule has 0 saturated carbocycles. The van der Waals surface area contributed by atoms with Crippen LogP contribution < -0.4 is 4.74 Å². The highest BCUT2D eigenvalue weighted by Crippen LogP contribution is 2.14. The molecular weight excluding hydrogens is 397 g/mol. The zero-order chi connectivity index (χ0) is 22.2. The highest BCUT2D eigenvalue weighted by molar-refractivity contribution is 5.78. The Balaban J connectivity index is 1.39. The van der Waals surface area contributed by atoms with Crippen molar-refractivity contribution in [2.45, 2.75) is 19.4 Å². The maximum atomic E-state index is 13.8. The van der Waals surface area contributed by atoms with E-state index in [0.29, 0.717) is 44.6 Å². The zero-order valence-corrected chi connectivity index (χ0v) is 18.2. The SMILES string of the molecule is COc1ccc(CCC(=O)N2CCN(CC(=O)N(C)Cc3ccccc3F)CC2)cc1. The Morgan fingerprint density at radius 1 is 1.03 bits per heavy atom. The number of likely N-dealkylation sites (N-methyl/N-ethyl adjacent to an activating group) is 1. The molecule has 2 aromatic rings. The normalized spacial score (nSPS) is 14.4. The largest absolute Gasteiger partial charge is 0.497 e. The van der Waals surface area contributed by atoms with Crippen molar-refractivity contribution in [2.75, 3.05) is 46.9 Å². The first-order valence-corrected chi connectivity index (χ1v) is 10.6. The Kier molecular flexibility index (Phi) is 8.00. The van der Waals surface area contributed by atoms with Crippen molar-refractivity contribution in [1.82, 2.24) is 14.7 Å². The second-order valence-electron chi connectivity index (χ2n) is 7.85. The third-order valence-electron chi connectivity index (χ3n) is 5.66. The number of aryl methyl sites for hydroxylation is 1. The average molecular weight is 428 g/mol. The van der Waals surface area contributed by atoms with Crippen LogP contribution in [0.1, 0.15) is 17.5 Å². The number of methoxy groups -OCH3 is 1. The topological polar surface area (TPSA) is 53.1 Å². The Bertz CT molecular complexity index is 880. The minimum Gasteiger partial charge on any atom is -0.497 e. The van der Waals surface area contributed by atoms with E-state index in [1.807, 2.05) is 34.1 Å². The van der Waals surface area contributed by atoms with Crippen LogP contribution in [0.4, 0.5) is 4.39 Å². The molecule has 2 aromatic carbocycles. The number of carbonyl (C=O) groups is 2. The van der Waals surface area contributed by atoms with Gasteiger partial charge in [0.2, 0.25) is 11.8 Å². The van der Waals surface area contributed by atoms with Crippen molar-refractivity contribution in [3.05, 3.63) is 65.5 Å². The van der Waals surface area contributed by atoms with Gasteiger partial charge in [-0.25, -0.2) is 4.39 Å². The fourth-order valence-corrected chi connectivity index (χ4v) is 3.64. The van der Waals surface area contributed by atoms with Gasteiger partial charge in [0.05, 0.1) is 13.7 Å². The fraction of sp³-hybridized carbons (Fsp3) is 0.417. The van der Waals surface area contributed by atoms with Crippen LogP contribution in [0, 0.1) is 5.82 Å². The zero-order valence-electron chi connectivity index (χ0n) is 18.2. The lowest BCUT2D eigenvalue weighted by Crippen LogP contribution is -2.51. The molecule has 1 heterocycles. The second-order valence-corrected chi connectivity index (χ2v) is 7.85. The predicted octanol–water partition coefficient (Wildman–Crippen LogP) is 2.57. The Labute approximate surface area is 183 Å². The summed E-state index contributed by atoms with van der Waals surface area (Å²) in [6.45, 7) is 3.08. The molecule has 1 aliphatic heterocycles. The van der Waals surface area contributed by atoms with Gasteiger partial charge in [0, 0.05) is 51.8 Å². The number of hydrogen-bond donors (Lipinski definition) is 0. The smallest absolute Gasteiger partial charge is 0.236 e. The van der Waals surface area contributed by atoms with E-state index in [9.17, 15) is 14.0 Å². The Hall–Kier alpha value is -2.93. The summed E-state index contributed by atoms with van der Waals surface area (Å²) in [6.07, 6.45) is 1.17. The van der Waals surface area contributed by atoms with Crippen molar-refractivity contribution in [1.29, 1.82) is 0 Å². The summed E-state index contributed by atoms with van der Waals surface area (Å²) in [6, 6.07) is 14.3. The summed E-state index contributed by atoms with van der Waals surface area (Å²) in [4.78, 5) is 30.5. The van der Waals surface area contributed by atoms with Crippen LogP contribution in [-0.4, -0.2) is 73.4 Å². The first-order chi connectivity index (χ1) is 15.0. The van der Waals surface area contributed by atoms with Crippen molar-refractivity contribution < 1.29 is 18.7 Å². The molecule has 0 atom stereocenters. The van der Waals surface area contributed by atoms with Crippen molar-refractivity contribution in [3.63, 3.8) is 0 Å². The highest BCUT2D eigenvalue weighted by Gasteiger charge is 2.23. The molecule has 31 heavy (non-hydrogen) atoms. The number of nitrogens with zero attached hydrogens (tertiary/aromatic N) is 3. The monoisotopic (exact) mass is 427 g/mol. The summed E-state index contributed by atoms with van der Waals surface area (Å²) < 4.78 is 19.0. The number of carbonyl (C=O) groups excluding carboxylic acids is 2. The van der Waals surface area contributed by atoms with Crippen LogP contribution in [0.2, 0.25) is 0 Å². The molecule has 0 aliphatic carbocycles. The standard InChI is InChI=1S/C24H30FN3O3/c1-26(17-20-5-3-4-6-22(20)25)24(30)18-27-13-15-28(16-14-27)23(29)12-9-19-7-10-21(31-2)11-8-19/h3-8,10-11H,9,12-18H2,1-2H3. The minimum atomic E-state index is -0.302. The van der Waals surface area contributed by atoms with Crippen LogP contribution in [0.15, 0.2) is 48.5 Å². The molecule has 7 heteroatoms. The molecule has 0 N–H and O–H groups in total. The van der Waals surface area contributed by atoms with E-state index < -0.39 is 0 Å². The minimum absolute atomic E-state index is 0.0532. The Morgan fingerprint density at radius 3 is 2.35 bits per heavy atom. The van der Waals surface area contributed by atoms with Gasteiger partial charge in [-0.1, -0.05) is 30.3 Å². The highest BCUT2D eigenvalue weighted by atomic mass is 19.1. The maximum absolute atomic E-state index is 13.8. The molecular formula is C24H30FN3O3. The van der Waals surface area contributed by atoms with Gasteiger partial charge in [-0.05, 0) is 30.2 Å². The third kappa shape index (κ3) is 6.52. The van der Waals surface area contributed by atoms with Gasteiger partial charge < -0.3 is 14.5 Å². The molecule has 0 unspecified atom stereocenters. The van der Waals surface area contributed by atoms with Gasteiger partial charge in [0.1, 0.15) is 11.6 Å². The molecule has 1 fully saturated rings. The van der Waals surface area contributed by atoms with E-state index in [1.165, 1.54) is 6.07 Å². The number of halogens is 1. The van der Waals surface area contributed by atoms with Crippen molar-refractivity contribution >= 4 is 11.8 Å². The van der Waals surface area contributed by atoms with Crippen LogP contribution in [-0.2, 0) is 22.6 Å². The predicted molar refractivity (Wildman–Crippen MR) is 117 cm³/mol. The number of ether oxygens (including phenoxy) is 1. The Morgan fingerprint density at radius 2 is 1.71 bits per heavy atom. The molecule has 0 aromatic heterocycles. The van der Waals surface area contributed by atoms with Crippen molar-refractivity contribution in [2.24, 2.45) is 0 Å². The van der Waals surface area contributed by atoms with Crippen LogP contribution >= 0.6 is 0 Å². The first-order valence-electron chi connectivity index (χ1n) is 10.6. The van der Waals surface area contributed by atoms with E-state index in [1.54, 1.807) is 37.3 Å². The van der Waals surface area contributed by atoms with Crippen LogP contribution in [0.5, 0.6) is 5.75 Å². The lowest BCUT2D eigenvalue weighted by molar-refractivity contribution is -0.134. The molecule has 3 rings (SSSR count). The fourth-order valence-electron chi connectivity index (χ4n) is 3.64. The summed E-state index contributed by atoms with van der Waals surface area (Å²) >= 11 is 0. The molecule has 2 amide bonds. The summed E-state index contributed by atoms with van der Waals surface area (Å²) in [5.41, 5.74) is 1.61. The van der Waals surface area contributed by atoms with Gasteiger partial charge >= 0.3 is 0 Å². The van der Waals surface area contributed by atoms with E-state index in [2.05, 4.69) is 0 Å².